The van der Waals surface area contributed by atoms with Gasteiger partial charge in [-0.15, -0.1) is 0 Å². The first-order chi connectivity index (χ1) is 9.78. The molecule has 2 heteroatoms. The van der Waals surface area contributed by atoms with Crippen molar-refractivity contribution in [3.8, 4) is 0 Å². The highest BCUT2D eigenvalue weighted by molar-refractivity contribution is 5.35. The Labute approximate surface area is 131 Å². The largest absolute Gasteiger partial charge is 0.363 e. The van der Waals surface area contributed by atoms with Crippen molar-refractivity contribution >= 4 is 0 Å². The highest BCUT2D eigenvalue weighted by Gasteiger charge is 2.47. The van der Waals surface area contributed by atoms with Crippen molar-refractivity contribution in [3.63, 3.8) is 0 Å². The first-order valence-corrected chi connectivity index (χ1v) is 8.95. The average molecular weight is 293 g/mol. The third-order valence-corrected chi connectivity index (χ3v) is 5.40. The normalized spacial score (nSPS) is 32.0. The summed E-state index contributed by atoms with van der Waals surface area (Å²) in [6.45, 7) is 18.6. The number of hydrogen-bond acceptors (Lipinski definition) is 2. The molecule has 1 spiro atoms. The Morgan fingerprint density at radius 3 is 2.19 bits per heavy atom. The summed E-state index contributed by atoms with van der Waals surface area (Å²) in [6.07, 6.45) is 3.92. The maximum absolute atomic E-state index is 6.64. The molecule has 0 aromatic heterocycles. The summed E-state index contributed by atoms with van der Waals surface area (Å²) < 4.78 is 6.64. The molecule has 0 amide bonds. The molecular formula is C19H35NO. The number of rotatable bonds is 3. The van der Waals surface area contributed by atoms with E-state index < -0.39 is 0 Å². The predicted octanol–water partition coefficient (Wildman–Crippen LogP) is 4.65. The molecular weight excluding hydrogens is 258 g/mol. The lowest BCUT2D eigenvalue weighted by Crippen LogP contribution is -2.37. The highest BCUT2D eigenvalue weighted by Crippen LogP contribution is 2.48. The van der Waals surface area contributed by atoms with Gasteiger partial charge in [0.25, 0.3) is 0 Å². The van der Waals surface area contributed by atoms with Gasteiger partial charge in [-0.3, -0.25) is 0 Å². The molecule has 2 atom stereocenters. The van der Waals surface area contributed by atoms with Crippen LogP contribution in [-0.2, 0) is 4.74 Å². The quantitative estimate of drug-likeness (QED) is 0.702. The maximum atomic E-state index is 6.64. The Morgan fingerprint density at radius 1 is 1.00 bits per heavy atom. The SMILES string of the molecule is CC(C)C1=C(C(C)C)[C@]2(CCCN(C(C)C)CC2)O[C@H]1C. The molecule has 0 saturated carbocycles. The molecule has 0 aromatic rings. The minimum absolute atomic E-state index is 0.0246. The van der Waals surface area contributed by atoms with E-state index in [2.05, 4.69) is 53.4 Å². The van der Waals surface area contributed by atoms with E-state index in [0.717, 1.165) is 0 Å². The summed E-state index contributed by atoms with van der Waals surface area (Å²) in [4.78, 5) is 2.62. The van der Waals surface area contributed by atoms with E-state index in [4.69, 9.17) is 4.74 Å². The molecule has 2 aliphatic rings. The van der Waals surface area contributed by atoms with Gasteiger partial charge in [-0.05, 0) is 69.6 Å². The fraction of sp³-hybridized carbons (Fsp3) is 0.895. The summed E-state index contributed by atoms with van der Waals surface area (Å²) in [5, 5.41) is 0. The molecule has 0 radical (unpaired) electrons. The summed E-state index contributed by atoms with van der Waals surface area (Å²) in [6, 6.07) is 0.648. The minimum Gasteiger partial charge on any atom is -0.363 e. The monoisotopic (exact) mass is 293 g/mol. The van der Waals surface area contributed by atoms with Crippen molar-refractivity contribution in [1.82, 2.24) is 4.90 Å². The van der Waals surface area contributed by atoms with Crippen LogP contribution in [0.5, 0.6) is 0 Å². The zero-order valence-electron chi connectivity index (χ0n) is 15.2. The lowest BCUT2D eigenvalue weighted by molar-refractivity contribution is -0.0383. The van der Waals surface area contributed by atoms with Crippen LogP contribution in [0.1, 0.15) is 67.7 Å². The highest BCUT2D eigenvalue weighted by atomic mass is 16.5. The second-order valence-electron chi connectivity index (χ2n) is 7.92. The molecule has 2 aliphatic heterocycles. The van der Waals surface area contributed by atoms with Gasteiger partial charge in [-0.1, -0.05) is 27.7 Å². The molecule has 0 N–H and O–H groups in total. The fourth-order valence-corrected chi connectivity index (χ4v) is 4.62. The van der Waals surface area contributed by atoms with Crippen LogP contribution in [0.15, 0.2) is 11.1 Å². The van der Waals surface area contributed by atoms with Gasteiger partial charge in [0.1, 0.15) is 0 Å². The average Bonchev–Trinajstić information content (AvgIpc) is 2.52. The third kappa shape index (κ3) is 3.22. The summed E-state index contributed by atoms with van der Waals surface area (Å²) in [5.74, 6) is 1.19. The van der Waals surface area contributed by atoms with Crippen molar-refractivity contribution in [2.24, 2.45) is 11.8 Å². The van der Waals surface area contributed by atoms with Gasteiger partial charge >= 0.3 is 0 Å². The Kier molecular flexibility index (Phi) is 5.20. The Balaban J connectivity index is 2.33. The van der Waals surface area contributed by atoms with E-state index in [0.29, 0.717) is 24.0 Å². The van der Waals surface area contributed by atoms with Crippen LogP contribution in [0.3, 0.4) is 0 Å². The van der Waals surface area contributed by atoms with E-state index in [-0.39, 0.29) is 5.60 Å². The molecule has 1 fully saturated rings. The van der Waals surface area contributed by atoms with E-state index in [1.807, 2.05) is 0 Å². The third-order valence-electron chi connectivity index (χ3n) is 5.40. The predicted molar refractivity (Wildman–Crippen MR) is 90.5 cm³/mol. The van der Waals surface area contributed by atoms with E-state index in [9.17, 15) is 0 Å². The van der Waals surface area contributed by atoms with Crippen LogP contribution in [-0.4, -0.2) is 35.7 Å². The van der Waals surface area contributed by atoms with E-state index in [1.165, 1.54) is 32.4 Å². The van der Waals surface area contributed by atoms with Gasteiger partial charge in [-0.25, -0.2) is 0 Å². The van der Waals surface area contributed by atoms with Gasteiger partial charge in [0.05, 0.1) is 11.7 Å². The van der Waals surface area contributed by atoms with Crippen molar-refractivity contribution in [1.29, 1.82) is 0 Å². The van der Waals surface area contributed by atoms with Crippen LogP contribution < -0.4 is 0 Å². The van der Waals surface area contributed by atoms with Crippen molar-refractivity contribution < 1.29 is 4.74 Å². The van der Waals surface area contributed by atoms with Crippen LogP contribution in [0.2, 0.25) is 0 Å². The first kappa shape index (κ1) is 17.0. The zero-order valence-corrected chi connectivity index (χ0v) is 15.2. The second kappa shape index (κ2) is 6.42. The van der Waals surface area contributed by atoms with Crippen LogP contribution >= 0.6 is 0 Å². The molecule has 2 rings (SSSR count). The van der Waals surface area contributed by atoms with Gasteiger partial charge in [0.2, 0.25) is 0 Å². The standard InChI is InChI=1S/C19H35NO/c1-13(2)17-16(7)21-19(18(17)14(3)4)9-8-11-20(12-10-19)15(5)6/h13-16H,8-12H2,1-7H3/t16-,19+/m0/s1. The Morgan fingerprint density at radius 2 is 1.67 bits per heavy atom. The topological polar surface area (TPSA) is 12.5 Å². The van der Waals surface area contributed by atoms with E-state index in [1.54, 1.807) is 11.1 Å². The number of hydrogen-bond donors (Lipinski definition) is 0. The molecule has 2 heterocycles. The van der Waals surface area contributed by atoms with Crippen molar-refractivity contribution in [2.75, 3.05) is 13.1 Å². The number of likely N-dealkylation sites (tertiary alicyclic amines) is 1. The number of ether oxygens (including phenoxy) is 1. The molecule has 21 heavy (non-hydrogen) atoms. The van der Waals surface area contributed by atoms with Crippen molar-refractivity contribution in [2.45, 2.75) is 85.5 Å². The lowest BCUT2D eigenvalue weighted by atomic mass is 9.77. The van der Waals surface area contributed by atoms with Gasteiger partial charge in [0, 0.05) is 12.6 Å². The maximum Gasteiger partial charge on any atom is 0.0918 e. The van der Waals surface area contributed by atoms with Crippen LogP contribution in [0.25, 0.3) is 0 Å². The van der Waals surface area contributed by atoms with Crippen LogP contribution in [0, 0.1) is 11.8 Å². The molecule has 2 nitrogen and oxygen atoms in total. The molecule has 1 saturated heterocycles. The fourth-order valence-electron chi connectivity index (χ4n) is 4.62. The smallest absolute Gasteiger partial charge is 0.0918 e. The Hall–Kier alpha value is -0.340. The minimum atomic E-state index is 0.0246. The molecule has 0 bridgehead atoms. The van der Waals surface area contributed by atoms with Crippen LogP contribution in [0.4, 0.5) is 0 Å². The van der Waals surface area contributed by atoms with E-state index >= 15 is 0 Å². The lowest BCUT2D eigenvalue weighted by Gasteiger charge is -2.34. The van der Waals surface area contributed by atoms with Gasteiger partial charge in [0.15, 0.2) is 0 Å². The number of nitrogens with zero attached hydrogens (tertiary/aromatic N) is 1. The Bertz CT molecular complexity index is 396. The zero-order chi connectivity index (χ0) is 15.8. The summed E-state index contributed by atoms with van der Waals surface area (Å²) in [5.41, 5.74) is 3.25. The van der Waals surface area contributed by atoms with Crippen molar-refractivity contribution in [3.05, 3.63) is 11.1 Å². The van der Waals surface area contributed by atoms with Gasteiger partial charge < -0.3 is 9.64 Å². The van der Waals surface area contributed by atoms with Gasteiger partial charge in [-0.2, -0.15) is 0 Å². The molecule has 0 aliphatic carbocycles. The molecule has 0 aromatic carbocycles. The summed E-state index contributed by atoms with van der Waals surface area (Å²) >= 11 is 0. The molecule has 122 valence electrons. The first-order valence-electron chi connectivity index (χ1n) is 8.95. The molecule has 0 unspecified atom stereocenters. The second-order valence-corrected chi connectivity index (χ2v) is 7.92. The summed E-state index contributed by atoms with van der Waals surface area (Å²) in [7, 11) is 0.